The molecule has 0 saturated carbocycles. The summed E-state index contributed by atoms with van der Waals surface area (Å²) in [4.78, 5) is 15.0. The summed E-state index contributed by atoms with van der Waals surface area (Å²) < 4.78 is 0. The molecule has 0 amide bonds. The van der Waals surface area contributed by atoms with E-state index < -0.39 is 5.97 Å². The fourth-order valence-electron chi connectivity index (χ4n) is 1.81. The van der Waals surface area contributed by atoms with Crippen LogP contribution >= 0.6 is 0 Å². The van der Waals surface area contributed by atoms with E-state index in [1.54, 1.807) is 6.20 Å². The Kier molecular flexibility index (Phi) is 4.96. The lowest BCUT2D eigenvalue weighted by molar-refractivity contribution is -0.143. The Labute approximate surface area is 96.5 Å². The van der Waals surface area contributed by atoms with E-state index in [4.69, 9.17) is 5.11 Å². The molecule has 16 heavy (non-hydrogen) atoms. The van der Waals surface area contributed by atoms with Crippen molar-refractivity contribution in [2.24, 2.45) is 11.8 Å². The van der Waals surface area contributed by atoms with Gasteiger partial charge in [-0.1, -0.05) is 19.9 Å². The zero-order valence-corrected chi connectivity index (χ0v) is 9.89. The number of aliphatic carboxylic acids is 1. The van der Waals surface area contributed by atoms with Crippen molar-refractivity contribution >= 4 is 5.97 Å². The summed E-state index contributed by atoms with van der Waals surface area (Å²) in [5.74, 6) is -0.704. The molecule has 0 aliphatic carbocycles. The Morgan fingerprint density at radius 1 is 1.50 bits per heavy atom. The molecule has 0 aliphatic rings. The number of carbonyl (C=O) groups is 1. The number of carboxylic acids is 1. The molecule has 0 bridgehead atoms. The smallest absolute Gasteiger partial charge is 0.306 e. The van der Waals surface area contributed by atoms with Crippen LogP contribution in [-0.2, 0) is 11.2 Å². The van der Waals surface area contributed by atoms with E-state index in [-0.39, 0.29) is 11.8 Å². The summed E-state index contributed by atoms with van der Waals surface area (Å²) in [5.41, 5.74) is 1.18. The molecule has 0 saturated heterocycles. The number of hydrogen-bond donors (Lipinski definition) is 1. The standard InChI is InChI=1S/C13H19NO2/c1-10(2)12(13(15)16)7-3-5-11-6-4-8-14-9-11/h4,6,8-10,12H,3,5,7H2,1-2H3,(H,15,16)/t12-/m0/s1. The highest BCUT2D eigenvalue weighted by molar-refractivity contribution is 5.70. The Bertz CT molecular complexity index is 322. The van der Waals surface area contributed by atoms with E-state index in [9.17, 15) is 4.79 Å². The van der Waals surface area contributed by atoms with Crippen molar-refractivity contribution in [3.8, 4) is 0 Å². The van der Waals surface area contributed by atoms with Gasteiger partial charge in [-0.05, 0) is 36.8 Å². The van der Waals surface area contributed by atoms with Crippen LogP contribution in [0.4, 0.5) is 0 Å². The van der Waals surface area contributed by atoms with Crippen LogP contribution in [0.25, 0.3) is 0 Å². The average molecular weight is 221 g/mol. The summed E-state index contributed by atoms with van der Waals surface area (Å²) in [6.07, 6.45) is 6.13. The Morgan fingerprint density at radius 3 is 2.75 bits per heavy atom. The molecule has 1 atom stereocenters. The number of aromatic nitrogens is 1. The third kappa shape index (κ3) is 4.01. The number of pyridine rings is 1. The second kappa shape index (κ2) is 6.26. The van der Waals surface area contributed by atoms with Gasteiger partial charge in [0.25, 0.3) is 0 Å². The molecule has 1 aromatic rings. The molecule has 3 nitrogen and oxygen atoms in total. The van der Waals surface area contributed by atoms with Crippen LogP contribution in [0, 0.1) is 11.8 Å². The molecule has 0 radical (unpaired) electrons. The number of nitrogens with zero attached hydrogens (tertiary/aromatic N) is 1. The Hall–Kier alpha value is -1.38. The summed E-state index contributed by atoms with van der Waals surface area (Å²) in [5, 5.41) is 9.03. The molecule has 1 heterocycles. The van der Waals surface area contributed by atoms with Gasteiger partial charge in [-0.25, -0.2) is 0 Å². The molecular weight excluding hydrogens is 202 g/mol. The van der Waals surface area contributed by atoms with Gasteiger partial charge in [0.1, 0.15) is 0 Å². The van der Waals surface area contributed by atoms with E-state index in [1.807, 2.05) is 32.2 Å². The van der Waals surface area contributed by atoms with Crippen molar-refractivity contribution in [1.82, 2.24) is 4.98 Å². The summed E-state index contributed by atoms with van der Waals surface area (Å²) in [6, 6.07) is 3.94. The number of aryl methyl sites for hydroxylation is 1. The fourth-order valence-corrected chi connectivity index (χ4v) is 1.81. The van der Waals surface area contributed by atoms with Crippen molar-refractivity contribution in [3.63, 3.8) is 0 Å². The van der Waals surface area contributed by atoms with Gasteiger partial charge in [0.15, 0.2) is 0 Å². The molecule has 0 aliphatic heterocycles. The highest BCUT2D eigenvalue weighted by atomic mass is 16.4. The second-order valence-electron chi connectivity index (χ2n) is 4.44. The maximum atomic E-state index is 11.0. The van der Waals surface area contributed by atoms with Gasteiger partial charge < -0.3 is 5.11 Å². The molecule has 0 aromatic carbocycles. The molecule has 0 unspecified atom stereocenters. The number of rotatable bonds is 6. The van der Waals surface area contributed by atoms with Gasteiger partial charge in [-0.15, -0.1) is 0 Å². The summed E-state index contributed by atoms with van der Waals surface area (Å²) in [6.45, 7) is 3.92. The van der Waals surface area contributed by atoms with E-state index >= 15 is 0 Å². The number of carboxylic acid groups (broad SMARTS) is 1. The maximum Gasteiger partial charge on any atom is 0.306 e. The van der Waals surface area contributed by atoms with Crippen LogP contribution < -0.4 is 0 Å². The van der Waals surface area contributed by atoms with Crippen LogP contribution in [0.5, 0.6) is 0 Å². The first-order valence-corrected chi connectivity index (χ1v) is 5.73. The van der Waals surface area contributed by atoms with E-state index in [0.717, 1.165) is 19.3 Å². The fraction of sp³-hybridized carbons (Fsp3) is 0.538. The lowest BCUT2D eigenvalue weighted by atomic mass is 9.90. The van der Waals surface area contributed by atoms with Gasteiger partial charge in [0, 0.05) is 12.4 Å². The van der Waals surface area contributed by atoms with Crippen molar-refractivity contribution in [2.45, 2.75) is 33.1 Å². The van der Waals surface area contributed by atoms with Gasteiger partial charge in [0.05, 0.1) is 5.92 Å². The summed E-state index contributed by atoms with van der Waals surface area (Å²) >= 11 is 0. The SMILES string of the molecule is CC(C)[C@H](CCCc1cccnc1)C(=O)O. The first kappa shape index (κ1) is 12.7. The quantitative estimate of drug-likeness (QED) is 0.803. The van der Waals surface area contributed by atoms with Crippen molar-refractivity contribution < 1.29 is 9.90 Å². The zero-order valence-electron chi connectivity index (χ0n) is 9.89. The largest absolute Gasteiger partial charge is 0.481 e. The molecule has 1 rings (SSSR count). The van der Waals surface area contributed by atoms with Crippen molar-refractivity contribution in [2.75, 3.05) is 0 Å². The minimum atomic E-state index is -0.679. The summed E-state index contributed by atoms with van der Waals surface area (Å²) in [7, 11) is 0. The van der Waals surface area contributed by atoms with E-state index in [0.29, 0.717) is 0 Å². The molecule has 1 aromatic heterocycles. The highest BCUT2D eigenvalue weighted by Gasteiger charge is 2.20. The second-order valence-corrected chi connectivity index (χ2v) is 4.44. The van der Waals surface area contributed by atoms with Gasteiger partial charge in [0.2, 0.25) is 0 Å². The number of hydrogen-bond acceptors (Lipinski definition) is 2. The van der Waals surface area contributed by atoms with Gasteiger partial charge in [-0.3, -0.25) is 9.78 Å². The topological polar surface area (TPSA) is 50.2 Å². The first-order valence-electron chi connectivity index (χ1n) is 5.73. The normalized spacial score (nSPS) is 12.7. The highest BCUT2D eigenvalue weighted by Crippen LogP contribution is 2.18. The third-order valence-electron chi connectivity index (χ3n) is 2.83. The average Bonchev–Trinajstić information content (AvgIpc) is 2.24. The van der Waals surface area contributed by atoms with Crippen molar-refractivity contribution in [1.29, 1.82) is 0 Å². The molecule has 1 N–H and O–H groups in total. The van der Waals surface area contributed by atoms with Crippen LogP contribution in [0.2, 0.25) is 0 Å². The van der Waals surface area contributed by atoms with Crippen LogP contribution in [0.3, 0.4) is 0 Å². The van der Waals surface area contributed by atoms with E-state index in [2.05, 4.69) is 4.98 Å². The lowest BCUT2D eigenvalue weighted by Gasteiger charge is -2.15. The minimum absolute atomic E-state index is 0.200. The predicted molar refractivity (Wildman–Crippen MR) is 63.1 cm³/mol. The Balaban J connectivity index is 2.37. The first-order chi connectivity index (χ1) is 7.61. The minimum Gasteiger partial charge on any atom is -0.481 e. The van der Waals surface area contributed by atoms with Gasteiger partial charge in [-0.2, -0.15) is 0 Å². The van der Waals surface area contributed by atoms with Crippen LogP contribution in [0.1, 0.15) is 32.3 Å². The third-order valence-corrected chi connectivity index (χ3v) is 2.83. The molecular formula is C13H19NO2. The molecule has 0 fully saturated rings. The molecule has 88 valence electrons. The molecule has 0 spiro atoms. The molecule has 3 heteroatoms. The van der Waals surface area contributed by atoms with Gasteiger partial charge >= 0.3 is 5.97 Å². The Morgan fingerprint density at radius 2 is 2.25 bits per heavy atom. The van der Waals surface area contributed by atoms with Crippen molar-refractivity contribution in [3.05, 3.63) is 30.1 Å². The van der Waals surface area contributed by atoms with E-state index in [1.165, 1.54) is 5.56 Å². The van der Waals surface area contributed by atoms with Crippen LogP contribution in [0.15, 0.2) is 24.5 Å². The van der Waals surface area contributed by atoms with Crippen LogP contribution in [-0.4, -0.2) is 16.1 Å². The monoisotopic (exact) mass is 221 g/mol. The lowest BCUT2D eigenvalue weighted by Crippen LogP contribution is -2.19. The maximum absolute atomic E-state index is 11.0. The predicted octanol–water partition coefficient (Wildman–Crippen LogP) is 2.76. The zero-order chi connectivity index (χ0) is 12.0.